The van der Waals surface area contributed by atoms with Gasteiger partial charge in [-0.15, -0.1) is 0 Å². The van der Waals surface area contributed by atoms with E-state index in [1.54, 1.807) is 18.3 Å². The molecule has 3 aromatic heterocycles. The first kappa shape index (κ1) is 19.2. The van der Waals surface area contributed by atoms with Crippen molar-refractivity contribution < 1.29 is 9.53 Å². The number of ether oxygens (including phenoxy) is 1. The molecule has 1 aromatic carbocycles. The maximum absolute atomic E-state index is 13.2. The molecule has 0 atom stereocenters. The van der Waals surface area contributed by atoms with Crippen LogP contribution in [0.15, 0.2) is 48.8 Å². The minimum Gasteiger partial charge on any atom is -0.444 e. The number of nitrogens with zero attached hydrogens (tertiary/aromatic N) is 2. The number of hydrogen-bond donors (Lipinski definition) is 1. The molecule has 1 aliphatic carbocycles. The fraction of sp³-hybridized carbons (Fsp3) is 0.136. The van der Waals surface area contributed by atoms with Gasteiger partial charge in [0.15, 0.2) is 5.06 Å². The van der Waals surface area contributed by atoms with Crippen molar-refractivity contribution >= 4 is 46.1 Å². The summed E-state index contributed by atoms with van der Waals surface area (Å²) >= 11 is 9.02. The zero-order valence-electron chi connectivity index (χ0n) is 15.9. The molecule has 5 rings (SSSR count). The van der Waals surface area contributed by atoms with E-state index >= 15 is 0 Å². The topological polar surface area (TPSA) is 64.1 Å². The molecule has 1 amide bonds. The number of fused-ring (bicyclic) bond motifs is 3. The molecular formula is C22H16ClN3O2S2. The molecule has 0 aliphatic heterocycles. The van der Waals surface area contributed by atoms with E-state index in [-0.39, 0.29) is 5.91 Å². The Morgan fingerprint density at radius 2 is 2.07 bits per heavy atom. The second-order valence-corrected chi connectivity index (χ2v) is 9.07. The zero-order chi connectivity index (χ0) is 20.7. The molecule has 0 fully saturated rings. The zero-order valence-corrected chi connectivity index (χ0v) is 18.3. The maximum atomic E-state index is 13.2. The molecule has 1 aliphatic rings. The number of pyridine rings is 1. The van der Waals surface area contributed by atoms with Crippen LogP contribution >= 0.6 is 34.5 Å². The second-order valence-electron chi connectivity index (χ2n) is 6.88. The number of rotatable bonds is 4. The molecular weight excluding hydrogens is 438 g/mol. The SMILES string of the molecule is Cc1ncccc1Oc1sc(C(=O)Nc2ccccc2Cl)c2c1-c1sncc1CC2. The highest BCUT2D eigenvalue weighted by Crippen LogP contribution is 2.50. The number of halogens is 1. The Hall–Kier alpha value is -2.74. The summed E-state index contributed by atoms with van der Waals surface area (Å²) in [6.07, 6.45) is 5.25. The van der Waals surface area contributed by atoms with Gasteiger partial charge in [0.05, 0.1) is 31.7 Å². The Bertz CT molecular complexity index is 1270. The molecule has 0 saturated carbocycles. The van der Waals surface area contributed by atoms with Crippen molar-refractivity contribution in [2.45, 2.75) is 19.8 Å². The number of nitrogens with one attached hydrogen (secondary N) is 1. The first-order valence-corrected chi connectivity index (χ1v) is 11.3. The number of para-hydroxylation sites is 1. The number of amides is 1. The van der Waals surface area contributed by atoms with E-state index < -0.39 is 0 Å². The summed E-state index contributed by atoms with van der Waals surface area (Å²) in [7, 11) is 0. The van der Waals surface area contributed by atoms with Gasteiger partial charge in [-0.25, -0.2) is 4.37 Å². The van der Waals surface area contributed by atoms with E-state index in [4.69, 9.17) is 16.3 Å². The van der Waals surface area contributed by atoms with E-state index in [1.807, 2.05) is 37.4 Å². The summed E-state index contributed by atoms with van der Waals surface area (Å²) < 4.78 is 10.6. The van der Waals surface area contributed by atoms with Crippen molar-refractivity contribution in [3.05, 3.63) is 75.5 Å². The summed E-state index contributed by atoms with van der Waals surface area (Å²) in [6.45, 7) is 1.90. The van der Waals surface area contributed by atoms with Crippen LogP contribution in [0.2, 0.25) is 5.02 Å². The van der Waals surface area contributed by atoms with Gasteiger partial charge in [-0.3, -0.25) is 9.78 Å². The lowest BCUT2D eigenvalue weighted by atomic mass is 9.93. The van der Waals surface area contributed by atoms with Gasteiger partial charge in [-0.2, -0.15) is 0 Å². The molecule has 0 spiro atoms. The predicted molar refractivity (Wildman–Crippen MR) is 121 cm³/mol. The Labute approximate surface area is 186 Å². The highest BCUT2D eigenvalue weighted by atomic mass is 35.5. The van der Waals surface area contributed by atoms with Gasteiger partial charge >= 0.3 is 0 Å². The molecule has 0 bridgehead atoms. The summed E-state index contributed by atoms with van der Waals surface area (Å²) in [5, 5.41) is 4.14. The van der Waals surface area contributed by atoms with Crippen LogP contribution in [0.4, 0.5) is 5.69 Å². The summed E-state index contributed by atoms with van der Waals surface area (Å²) in [6, 6.07) is 10.9. The highest BCUT2D eigenvalue weighted by Gasteiger charge is 2.31. The number of carbonyl (C=O) groups is 1. The lowest BCUT2D eigenvalue weighted by Gasteiger charge is -2.15. The third-order valence-corrected chi connectivity index (χ3v) is 7.28. The lowest BCUT2D eigenvalue weighted by Crippen LogP contribution is -2.14. The number of thiophene rings is 1. The Morgan fingerprint density at radius 1 is 1.20 bits per heavy atom. The van der Waals surface area contributed by atoms with Crippen molar-refractivity contribution in [2.24, 2.45) is 0 Å². The van der Waals surface area contributed by atoms with Crippen molar-refractivity contribution in [1.29, 1.82) is 0 Å². The third kappa shape index (κ3) is 3.39. The molecule has 1 N–H and O–H groups in total. The van der Waals surface area contributed by atoms with Gasteiger partial charge in [0, 0.05) is 12.4 Å². The van der Waals surface area contributed by atoms with Crippen molar-refractivity contribution in [3.8, 4) is 21.3 Å². The number of aryl methyl sites for hydroxylation is 2. The number of carbonyl (C=O) groups excluding carboxylic acids is 1. The van der Waals surface area contributed by atoms with Crippen LogP contribution in [0.5, 0.6) is 10.8 Å². The molecule has 3 heterocycles. The van der Waals surface area contributed by atoms with Gasteiger partial charge < -0.3 is 10.1 Å². The Balaban J connectivity index is 1.59. The van der Waals surface area contributed by atoms with Crippen LogP contribution < -0.4 is 10.1 Å². The minimum absolute atomic E-state index is 0.185. The van der Waals surface area contributed by atoms with Crippen molar-refractivity contribution in [1.82, 2.24) is 9.36 Å². The van der Waals surface area contributed by atoms with Gasteiger partial charge in [-0.1, -0.05) is 35.1 Å². The average molecular weight is 454 g/mol. The van der Waals surface area contributed by atoms with Crippen LogP contribution in [0, 0.1) is 6.92 Å². The van der Waals surface area contributed by atoms with Crippen LogP contribution in [0.3, 0.4) is 0 Å². The number of hydrogen-bond acceptors (Lipinski definition) is 6. The van der Waals surface area contributed by atoms with Crippen LogP contribution in [-0.2, 0) is 12.8 Å². The molecule has 150 valence electrons. The van der Waals surface area contributed by atoms with Gasteiger partial charge in [0.2, 0.25) is 0 Å². The molecule has 0 radical (unpaired) electrons. The molecule has 30 heavy (non-hydrogen) atoms. The third-order valence-electron chi connectivity index (χ3n) is 4.98. The predicted octanol–water partition coefficient (Wildman–Crippen LogP) is 6.37. The summed E-state index contributed by atoms with van der Waals surface area (Å²) in [5.74, 6) is 0.492. The van der Waals surface area contributed by atoms with E-state index in [2.05, 4.69) is 14.7 Å². The van der Waals surface area contributed by atoms with Gasteiger partial charge in [-0.05, 0) is 66.7 Å². The van der Waals surface area contributed by atoms with Crippen LogP contribution in [0.1, 0.15) is 26.5 Å². The molecule has 8 heteroatoms. The lowest BCUT2D eigenvalue weighted by molar-refractivity contribution is 0.102. The van der Waals surface area contributed by atoms with E-state index in [0.29, 0.717) is 26.4 Å². The Morgan fingerprint density at radius 3 is 2.90 bits per heavy atom. The average Bonchev–Trinajstić information content (AvgIpc) is 3.36. The van der Waals surface area contributed by atoms with E-state index in [1.165, 1.54) is 28.4 Å². The van der Waals surface area contributed by atoms with Crippen molar-refractivity contribution in [2.75, 3.05) is 5.32 Å². The highest BCUT2D eigenvalue weighted by molar-refractivity contribution is 7.17. The minimum atomic E-state index is -0.185. The standard InChI is InChI=1S/C22H16ClN3O2S2/c1-12-17(7-4-10-24-12)28-22-18-14(9-8-13-11-25-30-19(13)18)20(29-22)21(27)26-16-6-3-2-5-15(16)23/h2-7,10-11H,8-9H2,1H3,(H,26,27). The fourth-order valence-corrected chi connectivity index (χ4v) is 5.72. The maximum Gasteiger partial charge on any atom is 0.266 e. The smallest absolute Gasteiger partial charge is 0.266 e. The fourth-order valence-electron chi connectivity index (χ4n) is 3.49. The largest absolute Gasteiger partial charge is 0.444 e. The number of anilines is 1. The normalized spacial score (nSPS) is 12.2. The van der Waals surface area contributed by atoms with Gasteiger partial charge in [0.1, 0.15) is 5.75 Å². The van der Waals surface area contributed by atoms with E-state index in [0.717, 1.165) is 34.5 Å². The quantitative estimate of drug-likeness (QED) is 0.389. The van der Waals surface area contributed by atoms with Crippen molar-refractivity contribution in [3.63, 3.8) is 0 Å². The molecule has 4 aromatic rings. The number of aromatic nitrogens is 2. The van der Waals surface area contributed by atoms with Gasteiger partial charge in [0.25, 0.3) is 5.91 Å². The van der Waals surface area contributed by atoms with Crippen LogP contribution in [-0.4, -0.2) is 15.3 Å². The summed E-state index contributed by atoms with van der Waals surface area (Å²) in [5.41, 5.74) is 4.54. The Kier molecular flexibility index (Phi) is 5.02. The molecule has 5 nitrogen and oxygen atoms in total. The monoisotopic (exact) mass is 453 g/mol. The first-order valence-electron chi connectivity index (χ1n) is 9.36. The second kappa shape index (κ2) is 7.83. The van der Waals surface area contributed by atoms with E-state index in [9.17, 15) is 4.79 Å². The molecule has 0 unspecified atom stereocenters. The first-order chi connectivity index (χ1) is 14.6. The van der Waals surface area contributed by atoms with Crippen LogP contribution in [0.25, 0.3) is 10.4 Å². The number of benzene rings is 1. The summed E-state index contributed by atoms with van der Waals surface area (Å²) in [4.78, 5) is 19.2. The molecule has 0 saturated heterocycles.